The highest BCUT2D eigenvalue weighted by Gasteiger charge is 2.51. The van der Waals surface area contributed by atoms with E-state index in [9.17, 15) is 20.1 Å². The zero-order valence-corrected chi connectivity index (χ0v) is 21.3. The topological polar surface area (TPSA) is 106 Å². The Morgan fingerprint density at radius 1 is 1.06 bits per heavy atom. The molecule has 6 heteroatoms. The van der Waals surface area contributed by atoms with Gasteiger partial charge in [-0.05, 0) is 92.0 Å². The number of benzene rings is 2. The predicted octanol–water partition coefficient (Wildman–Crippen LogP) is 2.74. The number of nitrogens with one attached hydrogen (secondary N) is 1. The van der Waals surface area contributed by atoms with Crippen molar-refractivity contribution in [3.8, 4) is 5.75 Å². The quantitative estimate of drug-likeness (QED) is 0.351. The van der Waals surface area contributed by atoms with E-state index in [0.29, 0.717) is 24.1 Å². The summed E-state index contributed by atoms with van der Waals surface area (Å²) in [6.45, 7) is 2.36. The first-order valence-electron chi connectivity index (χ1n) is 13.6. The molecule has 0 unspecified atom stereocenters. The second-order valence-electron chi connectivity index (χ2n) is 12.0. The standard InChI is InChI=1S/C30H40N2O4/c1-19(31-17-28(35)25-5-6-27(34)26(13-25)18-33)7-20-3-2-4-21(8-20)12-29(36)32-30-14-22-9-23(15-30)11-24(10-22)16-30/h2-6,8,13,19,22-24,28,31,33-35H,7,9-12,14-18H2,1H3,(H,32,36)/p+1/t19-,22?,23?,24?,28+,30?/m1/s1. The fourth-order valence-electron chi connectivity index (χ4n) is 7.55. The van der Waals surface area contributed by atoms with E-state index in [0.717, 1.165) is 29.7 Å². The highest BCUT2D eigenvalue weighted by Crippen LogP contribution is 2.55. The molecule has 6 rings (SSSR count). The van der Waals surface area contributed by atoms with Gasteiger partial charge in [0.25, 0.3) is 0 Å². The number of carbonyl (C=O) groups is 1. The number of hydrogen-bond donors (Lipinski definition) is 5. The van der Waals surface area contributed by atoms with Crippen LogP contribution >= 0.6 is 0 Å². The number of aromatic hydroxyl groups is 1. The van der Waals surface area contributed by atoms with Crippen LogP contribution < -0.4 is 10.6 Å². The van der Waals surface area contributed by atoms with Gasteiger partial charge in [-0.25, -0.2) is 0 Å². The number of aliphatic hydroxyl groups is 2. The smallest absolute Gasteiger partial charge is 0.224 e. The third-order valence-electron chi connectivity index (χ3n) is 8.78. The number of hydrogen-bond acceptors (Lipinski definition) is 4. The molecule has 1 amide bonds. The number of rotatable bonds is 10. The van der Waals surface area contributed by atoms with Gasteiger partial charge >= 0.3 is 0 Å². The summed E-state index contributed by atoms with van der Waals surface area (Å²) < 4.78 is 0. The van der Waals surface area contributed by atoms with Crippen molar-refractivity contribution in [2.45, 2.75) is 82.6 Å². The van der Waals surface area contributed by atoms with E-state index in [1.807, 2.05) is 12.1 Å². The zero-order chi connectivity index (χ0) is 25.3. The molecule has 6 nitrogen and oxygen atoms in total. The van der Waals surface area contributed by atoms with Crippen molar-refractivity contribution in [2.24, 2.45) is 17.8 Å². The number of aliphatic hydroxyl groups excluding tert-OH is 2. The molecule has 36 heavy (non-hydrogen) atoms. The Labute approximate surface area is 214 Å². The number of nitrogens with two attached hydrogens (primary N) is 1. The molecule has 2 aromatic carbocycles. The molecule has 4 bridgehead atoms. The fraction of sp³-hybridized carbons (Fsp3) is 0.567. The number of phenols is 1. The van der Waals surface area contributed by atoms with Crippen molar-refractivity contribution >= 4 is 5.91 Å². The molecule has 4 fully saturated rings. The van der Waals surface area contributed by atoms with Crippen molar-refractivity contribution in [3.63, 3.8) is 0 Å². The third-order valence-corrected chi connectivity index (χ3v) is 8.78. The maximum Gasteiger partial charge on any atom is 0.224 e. The van der Waals surface area contributed by atoms with Crippen LogP contribution in [-0.4, -0.2) is 39.4 Å². The van der Waals surface area contributed by atoms with E-state index >= 15 is 0 Å². The molecule has 0 radical (unpaired) electrons. The van der Waals surface area contributed by atoms with E-state index < -0.39 is 6.10 Å². The number of carbonyl (C=O) groups excluding carboxylic acids is 1. The van der Waals surface area contributed by atoms with Crippen LogP contribution in [0.3, 0.4) is 0 Å². The maximum absolute atomic E-state index is 13.0. The Morgan fingerprint density at radius 3 is 2.39 bits per heavy atom. The largest absolute Gasteiger partial charge is 0.508 e. The SMILES string of the molecule is C[C@H](Cc1cccc(CC(=O)NC23CC4CC(CC(C4)C2)C3)c1)[NH2+]C[C@H](O)c1ccc(O)c(CO)c1. The molecule has 4 aliphatic carbocycles. The Kier molecular flexibility index (Phi) is 7.38. The molecule has 4 saturated carbocycles. The van der Waals surface area contributed by atoms with Gasteiger partial charge in [-0.1, -0.05) is 30.3 Å². The molecular weight excluding hydrogens is 452 g/mol. The average Bonchev–Trinajstić information content (AvgIpc) is 2.81. The molecule has 0 aliphatic heterocycles. The summed E-state index contributed by atoms with van der Waals surface area (Å²) in [5.41, 5.74) is 3.42. The molecule has 0 saturated heterocycles. The summed E-state index contributed by atoms with van der Waals surface area (Å²) in [4.78, 5) is 13.0. The van der Waals surface area contributed by atoms with Crippen LogP contribution in [-0.2, 0) is 24.2 Å². The zero-order valence-electron chi connectivity index (χ0n) is 21.3. The molecule has 0 heterocycles. The van der Waals surface area contributed by atoms with Gasteiger partial charge in [0.2, 0.25) is 5.91 Å². The predicted molar refractivity (Wildman–Crippen MR) is 138 cm³/mol. The minimum absolute atomic E-state index is 0.0392. The lowest BCUT2D eigenvalue weighted by Gasteiger charge is -2.56. The first kappa shape index (κ1) is 25.2. The van der Waals surface area contributed by atoms with Crippen LogP contribution in [0.4, 0.5) is 0 Å². The molecule has 2 atom stereocenters. The van der Waals surface area contributed by atoms with Crippen LogP contribution in [0.5, 0.6) is 5.75 Å². The molecular formula is C30H41N2O4+. The van der Waals surface area contributed by atoms with E-state index in [1.54, 1.807) is 12.1 Å². The number of amides is 1. The van der Waals surface area contributed by atoms with Crippen molar-refractivity contribution in [1.82, 2.24) is 5.32 Å². The summed E-state index contributed by atoms with van der Waals surface area (Å²) in [6.07, 6.45) is 8.25. The second kappa shape index (κ2) is 10.5. The lowest BCUT2D eigenvalue weighted by atomic mass is 9.53. The third kappa shape index (κ3) is 5.77. The summed E-state index contributed by atoms with van der Waals surface area (Å²) in [6, 6.07) is 13.4. The highest BCUT2D eigenvalue weighted by atomic mass is 16.3. The van der Waals surface area contributed by atoms with E-state index in [2.05, 4.69) is 29.7 Å². The molecule has 0 aromatic heterocycles. The van der Waals surface area contributed by atoms with Crippen LogP contribution in [0.15, 0.2) is 42.5 Å². The Bertz CT molecular complexity index is 1050. The first-order chi connectivity index (χ1) is 17.3. The monoisotopic (exact) mass is 493 g/mol. The molecule has 0 spiro atoms. The van der Waals surface area contributed by atoms with Crippen LogP contribution in [0.1, 0.15) is 73.8 Å². The lowest BCUT2D eigenvalue weighted by molar-refractivity contribution is -0.692. The van der Waals surface area contributed by atoms with E-state index in [4.69, 9.17) is 0 Å². The first-order valence-corrected chi connectivity index (χ1v) is 13.6. The summed E-state index contributed by atoms with van der Waals surface area (Å²) in [7, 11) is 0. The van der Waals surface area contributed by atoms with Gasteiger partial charge in [-0.15, -0.1) is 0 Å². The van der Waals surface area contributed by atoms with Gasteiger partial charge in [0.1, 0.15) is 18.4 Å². The average molecular weight is 494 g/mol. The van der Waals surface area contributed by atoms with Gasteiger partial charge in [-0.2, -0.15) is 0 Å². The van der Waals surface area contributed by atoms with Crippen LogP contribution in [0, 0.1) is 17.8 Å². The van der Waals surface area contributed by atoms with E-state index in [-0.39, 0.29) is 29.8 Å². The fourth-order valence-corrected chi connectivity index (χ4v) is 7.55. The van der Waals surface area contributed by atoms with Gasteiger partial charge in [0, 0.05) is 17.5 Å². The van der Waals surface area contributed by atoms with E-state index in [1.165, 1.54) is 50.2 Å². The Morgan fingerprint density at radius 2 is 1.72 bits per heavy atom. The number of quaternary nitrogens is 1. The second-order valence-corrected chi connectivity index (χ2v) is 12.0. The highest BCUT2D eigenvalue weighted by molar-refractivity contribution is 5.79. The lowest BCUT2D eigenvalue weighted by Crippen LogP contribution is -2.90. The van der Waals surface area contributed by atoms with Crippen LogP contribution in [0.2, 0.25) is 0 Å². The minimum Gasteiger partial charge on any atom is -0.508 e. The van der Waals surface area contributed by atoms with Crippen LogP contribution in [0.25, 0.3) is 0 Å². The van der Waals surface area contributed by atoms with Gasteiger partial charge in [-0.3, -0.25) is 4.79 Å². The van der Waals surface area contributed by atoms with Gasteiger partial charge in [0.05, 0.1) is 19.1 Å². The normalized spacial score (nSPS) is 28.1. The Balaban J connectivity index is 1.12. The van der Waals surface area contributed by atoms with Crippen molar-refractivity contribution < 1.29 is 25.4 Å². The van der Waals surface area contributed by atoms with Gasteiger partial charge < -0.3 is 26.0 Å². The van der Waals surface area contributed by atoms with Crippen molar-refractivity contribution in [1.29, 1.82) is 0 Å². The maximum atomic E-state index is 13.0. The molecule has 6 N–H and O–H groups in total. The summed E-state index contributed by atoms with van der Waals surface area (Å²) in [5.74, 6) is 2.66. The van der Waals surface area contributed by atoms with Crippen molar-refractivity contribution in [2.75, 3.05) is 6.54 Å². The summed E-state index contributed by atoms with van der Waals surface area (Å²) in [5, 5.41) is 35.2. The van der Waals surface area contributed by atoms with Gasteiger partial charge in [0.15, 0.2) is 0 Å². The minimum atomic E-state index is -0.682. The van der Waals surface area contributed by atoms with Crippen molar-refractivity contribution in [3.05, 3.63) is 64.7 Å². The Hall–Kier alpha value is -2.41. The molecule has 2 aromatic rings. The molecule has 194 valence electrons. The summed E-state index contributed by atoms with van der Waals surface area (Å²) >= 11 is 0. The molecule has 4 aliphatic rings.